The molecule has 0 bridgehead atoms. The van der Waals surface area contributed by atoms with Crippen molar-refractivity contribution >= 4 is 11.5 Å². The predicted octanol–water partition coefficient (Wildman–Crippen LogP) is 2.91. The monoisotopic (exact) mass is 262 g/mol. The Morgan fingerprint density at radius 1 is 1.42 bits per heavy atom. The van der Waals surface area contributed by atoms with Crippen LogP contribution in [-0.4, -0.2) is 15.7 Å². The van der Waals surface area contributed by atoms with Crippen LogP contribution >= 0.6 is 0 Å². The Labute approximate surface area is 112 Å². The zero-order valence-electron chi connectivity index (χ0n) is 11.3. The maximum absolute atomic E-state index is 11.8. The molecule has 19 heavy (non-hydrogen) atoms. The summed E-state index contributed by atoms with van der Waals surface area (Å²) in [7, 11) is 0. The maximum atomic E-state index is 11.8. The topological polar surface area (TPSA) is 73.1 Å². The molecule has 1 heterocycles. The van der Waals surface area contributed by atoms with Gasteiger partial charge in [0.05, 0.1) is 10.6 Å². The molecule has 1 atom stereocenters. The molecule has 5 heteroatoms. The lowest BCUT2D eigenvalue weighted by Crippen LogP contribution is -2.22. The molecular formula is C14H18N2O3. The van der Waals surface area contributed by atoms with Crippen molar-refractivity contribution in [2.75, 3.05) is 0 Å². The van der Waals surface area contributed by atoms with E-state index in [-0.39, 0.29) is 22.3 Å². The van der Waals surface area contributed by atoms with Gasteiger partial charge in [-0.05, 0) is 33.1 Å². The van der Waals surface area contributed by atoms with Gasteiger partial charge >= 0.3 is 0 Å². The summed E-state index contributed by atoms with van der Waals surface area (Å²) in [6.45, 7) is 3.41. The van der Waals surface area contributed by atoms with Gasteiger partial charge in [-0.1, -0.05) is 6.42 Å². The highest BCUT2D eigenvalue weighted by molar-refractivity contribution is 5.81. The largest absolute Gasteiger partial charge is 0.299 e. The number of rotatable bonds is 3. The first-order valence-corrected chi connectivity index (χ1v) is 6.63. The molecule has 1 saturated carbocycles. The van der Waals surface area contributed by atoms with E-state index in [1.807, 2.05) is 0 Å². The summed E-state index contributed by atoms with van der Waals surface area (Å²) in [4.78, 5) is 26.8. The van der Waals surface area contributed by atoms with Crippen LogP contribution in [0.4, 0.5) is 5.69 Å². The van der Waals surface area contributed by atoms with Crippen molar-refractivity contribution in [1.29, 1.82) is 0 Å². The summed E-state index contributed by atoms with van der Waals surface area (Å²) in [5, 5.41) is 11.1. The van der Waals surface area contributed by atoms with Crippen LogP contribution in [0.1, 0.15) is 42.5 Å². The first kappa shape index (κ1) is 13.6. The number of carbonyl (C=O) groups is 1. The molecule has 0 radical (unpaired) electrons. The van der Waals surface area contributed by atoms with Crippen molar-refractivity contribution < 1.29 is 9.72 Å². The number of nitro groups is 1. The van der Waals surface area contributed by atoms with Crippen LogP contribution in [0.5, 0.6) is 0 Å². The van der Waals surface area contributed by atoms with Gasteiger partial charge in [0.25, 0.3) is 5.69 Å². The molecular weight excluding hydrogens is 244 g/mol. The Hall–Kier alpha value is -1.78. The second kappa shape index (κ2) is 5.47. The minimum absolute atomic E-state index is 0.0118. The minimum atomic E-state index is -0.363. The van der Waals surface area contributed by atoms with Crippen LogP contribution in [0.25, 0.3) is 0 Å². The fourth-order valence-corrected chi connectivity index (χ4v) is 2.76. The highest BCUT2D eigenvalue weighted by atomic mass is 16.6. The van der Waals surface area contributed by atoms with Gasteiger partial charge < -0.3 is 0 Å². The quantitative estimate of drug-likeness (QED) is 0.620. The molecule has 1 fully saturated rings. The molecule has 0 saturated heterocycles. The van der Waals surface area contributed by atoms with Gasteiger partial charge in [0.2, 0.25) is 0 Å². The van der Waals surface area contributed by atoms with Crippen molar-refractivity contribution in [2.24, 2.45) is 5.92 Å². The fraction of sp³-hybridized carbons (Fsp3) is 0.571. The third kappa shape index (κ3) is 2.80. The summed E-state index contributed by atoms with van der Waals surface area (Å²) in [6, 6.07) is 0. The molecule has 0 spiro atoms. The lowest BCUT2D eigenvalue weighted by Gasteiger charge is -2.20. The number of aromatic nitrogens is 1. The number of hydrogen-bond acceptors (Lipinski definition) is 4. The predicted molar refractivity (Wildman–Crippen MR) is 71.0 cm³/mol. The highest BCUT2D eigenvalue weighted by Gasteiger charge is 2.26. The third-order valence-electron chi connectivity index (χ3n) is 3.88. The molecule has 1 aliphatic carbocycles. The van der Waals surface area contributed by atoms with E-state index in [9.17, 15) is 14.9 Å². The van der Waals surface area contributed by atoms with Crippen molar-refractivity contribution in [3.63, 3.8) is 0 Å². The van der Waals surface area contributed by atoms with Crippen LogP contribution in [0.2, 0.25) is 0 Å². The molecule has 0 aromatic carbocycles. The first-order chi connectivity index (χ1) is 9.00. The molecule has 0 N–H and O–H groups in total. The van der Waals surface area contributed by atoms with E-state index in [1.54, 1.807) is 13.8 Å². The number of nitrogens with zero attached hydrogens (tertiary/aromatic N) is 2. The van der Waals surface area contributed by atoms with E-state index in [1.165, 1.54) is 6.20 Å². The number of ketones is 1. The normalized spacial score (nSPS) is 19.5. The summed E-state index contributed by atoms with van der Waals surface area (Å²) in [6.07, 6.45) is 5.61. The number of Topliss-reactive ketones (excluding diaryl/α,β-unsaturated/α-hetero) is 1. The van der Waals surface area contributed by atoms with E-state index in [0.29, 0.717) is 29.7 Å². The summed E-state index contributed by atoms with van der Waals surface area (Å²) < 4.78 is 0. The second-order valence-corrected chi connectivity index (χ2v) is 5.23. The van der Waals surface area contributed by atoms with Crippen LogP contribution in [0.15, 0.2) is 6.20 Å². The molecule has 102 valence electrons. The van der Waals surface area contributed by atoms with Gasteiger partial charge in [-0.2, -0.15) is 0 Å². The molecule has 1 aliphatic rings. The lowest BCUT2D eigenvalue weighted by atomic mass is 9.84. The van der Waals surface area contributed by atoms with Crippen LogP contribution in [0.3, 0.4) is 0 Å². The summed E-state index contributed by atoms with van der Waals surface area (Å²) in [5.41, 5.74) is 2.00. The van der Waals surface area contributed by atoms with Crippen molar-refractivity contribution in [2.45, 2.75) is 46.0 Å². The van der Waals surface area contributed by atoms with Gasteiger partial charge in [-0.25, -0.2) is 0 Å². The SMILES string of the molecule is Cc1cnc(CC2CCCCC2=O)c(C)c1[N+](=O)[O-]. The number of carbonyl (C=O) groups excluding carboxylic acids is 1. The van der Waals surface area contributed by atoms with E-state index < -0.39 is 0 Å². The number of pyridine rings is 1. The summed E-state index contributed by atoms with van der Waals surface area (Å²) >= 11 is 0. The second-order valence-electron chi connectivity index (χ2n) is 5.23. The van der Waals surface area contributed by atoms with E-state index in [4.69, 9.17) is 0 Å². The standard InChI is InChI=1S/C14H18N2O3/c1-9-8-15-12(10(2)14(9)16(18)19)7-11-5-3-4-6-13(11)17/h8,11H,3-7H2,1-2H3. The van der Waals surface area contributed by atoms with Crippen molar-refractivity contribution in [1.82, 2.24) is 4.98 Å². The van der Waals surface area contributed by atoms with Gasteiger partial charge in [-0.15, -0.1) is 0 Å². The Morgan fingerprint density at radius 3 is 2.79 bits per heavy atom. The third-order valence-corrected chi connectivity index (χ3v) is 3.88. The average Bonchev–Trinajstić information content (AvgIpc) is 2.35. The molecule has 0 aliphatic heterocycles. The Kier molecular flexibility index (Phi) is 3.93. The van der Waals surface area contributed by atoms with E-state index in [0.717, 1.165) is 19.3 Å². The van der Waals surface area contributed by atoms with Crippen LogP contribution in [0, 0.1) is 29.9 Å². The van der Waals surface area contributed by atoms with Crippen LogP contribution < -0.4 is 0 Å². The Morgan fingerprint density at radius 2 is 2.16 bits per heavy atom. The molecule has 1 aromatic rings. The molecule has 1 aromatic heterocycles. The minimum Gasteiger partial charge on any atom is -0.299 e. The van der Waals surface area contributed by atoms with Gasteiger partial charge in [0.1, 0.15) is 5.78 Å². The maximum Gasteiger partial charge on any atom is 0.278 e. The zero-order valence-corrected chi connectivity index (χ0v) is 11.3. The van der Waals surface area contributed by atoms with Gasteiger partial charge in [0.15, 0.2) is 0 Å². The molecule has 2 rings (SSSR count). The Bertz CT molecular complexity index is 526. The van der Waals surface area contributed by atoms with Crippen molar-refractivity contribution in [3.05, 3.63) is 33.1 Å². The smallest absolute Gasteiger partial charge is 0.278 e. The molecule has 0 amide bonds. The first-order valence-electron chi connectivity index (χ1n) is 6.63. The lowest BCUT2D eigenvalue weighted by molar-refractivity contribution is -0.386. The highest BCUT2D eigenvalue weighted by Crippen LogP contribution is 2.29. The number of hydrogen-bond donors (Lipinski definition) is 0. The van der Waals surface area contributed by atoms with Crippen LogP contribution in [-0.2, 0) is 11.2 Å². The van der Waals surface area contributed by atoms with Crippen molar-refractivity contribution in [3.8, 4) is 0 Å². The zero-order chi connectivity index (χ0) is 14.0. The van der Waals surface area contributed by atoms with Gasteiger partial charge in [-0.3, -0.25) is 19.9 Å². The van der Waals surface area contributed by atoms with E-state index >= 15 is 0 Å². The summed E-state index contributed by atoms with van der Waals surface area (Å²) in [5.74, 6) is 0.262. The van der Waals surface area contributed by atoms with Gasteiger partial charge in [0, 0.05) is 29.7 Å². The van der Waals surface area contributed by atoms with E-state index in [2.05, 4.69) is 4.98 Å². The fourth-order valence-electron chi connectivity index (χ4n) is 2.76. The number of aryl methyl sites for hydroxylation is 1. The average molecular weight is 262 g/mol. The molecule has 5 nitrogen and oxygen atoms in total. The Balaban J connectivity index is 2.28. The molecule has 1 unspecified atom stereocenters.